The van der Waals surface area contributed by atoms with Crippen LogP contribution in [0.2, 0.25) is 0 Å². The number of hydrogen-bond donors (Lipinski definition) is 0. The van der Waals surface area contributed by atoms with Gasteiger partial charge in [0, 0.05) is 27.8 Å². The van der Waals surface area contributed by atoms with Gasteiger partial charge in [0.15, 0.2) is 0 Å². The summed E-state index contributed by atoms with van der Waals surface area (Å²) in [5.41, 5.74) is 9.85. The first-order chi connectivity index (χ1) is 24.8. The minimum absolute atomic E-state index is 0.906. The van der Waals surface area contributed by atoms with Gasteiger partial charge in [0.25, 0.3) is 0 Å². The third kappa shape index (κ3) is 4.57. The van der Waals surface area contributed by atoms with E-state index in [0.717, 1.165) is 44.6 Å². The van der Waals surface area contributed by atoms with Crippen LogP contribution in [-0.4, -0.2) is 0 Å². The van der Waals surface area contributed by atoms with Crippen molar-refractivity contribution in [3.8, 4) is 22.3 Å². The highest BCUT2D eigenvalue weighted by molar-refractivity contribution is 6.25. The molecule has 0 bridgehead atoms. The molecule has 0 spiro atoms. The van der Waals surface area contributed by atoms with E-state index in [4.69, 9.17) is 4.42 Å². The van der Waals surface area contributed by atoms with Gasteiger partial charge in [0.1, 0.15) is 11.2 Å². The van der Waals surface area contributed by atoms with Crippen molar-refractivity contribution in [2.75, 3.05) is 4.90 Å². The van der Waals surface area contributed by atoms with E-state index in [1.54, 1.807) is 0 Å². The van der Waals surface area contributed by atoms with Gasteiger partial charge in [-0.2, -0.15) is 0 Å². The maximum Gasteiger partial charge on any atom is 0.136 e. The summed E-state index contributed by atoms with van der Waals surface area (Å²) in [5, 5.41) is 9.90. The quantitative estimate of drug-likeness (QED) is 0.175. The molecule has 0 atom stereocenters. The summed E-state index contributed by atoms with van der Waals surface area (Å²) in [4.78, 5) is 2.37. The predicted octanol–water partition coefficient (Wildman–Crippen LogP) is 13.8. The second kappa shape index (κ2) is 11.5. The van der Waals surface area contributed by atoms with E-state index in [2.05, 4.69) is 181 Å². The molecule has 10 aromatic rings. The standard InChI is InChI=1S/C48H31NO/c1-2-11-32(12-3-1)33-21-25-35(26-22-33)49(37-29-30-43-41-15-5-4-13-39(41)40-14-6-7-16-42(40)45(43)31-37)36-27-23-34(24-28-36)38-18-10-20-47-48(38)44-17-8-9-19-46(44)50-47/h1-31H. The molecule has 234 valence electrons. The van der Waals surface area contributed by atoms with Crippen molar-refractivity contribution in [3.63, 3.8) is 0 Å². The highest BCUT2D eigenvalue weighted by Gasteiger charge is 2.17. The lowest BCUT2D eigenvalue weighted by Gasteiger charge is -2.27. The van der Waals surface area contributed by atoms with Crippen LogP contribution in [-0.2, 0) is 0 Å². The number of para-hydroxylation sites is 1. The van der Waals surface area contributed by atoms with Gasteiger partial charge < -0.3 is 9.32 Å². The Morgan fingerprint density at radius 1 is 0.300 bits per heavy atom. The topological polar surface area (TPSA) is 16.4 Å². The monoisotopic (exact) mass is 637 g/mol. The smallest absolute Gasteiger partial charge is 0.136 e. The molecule has 0 unspecified atom stereocenters. The molecule has 2 heteroatoms. The van der Waals surface area contributed by atoms with Gasteiger partial charge >= 0.3 is 0 Å². The molecule has 0 saturated carbocycles. The second-order valence-electron chi connectivity index (χ2n) is 12.9. The van der Waals surface area contributed by atoms with Gasteiger partial charge in [-0.25, -0.2) is 0 Å². The van der Waals surface area contributed by atoms with Gasteiger partial charge in [-0.3, -0.25) is 0 Å². The summed E-state index contributed by atoms with van der Waals surface area (Å²) in [6, 6.07) is 67.5. The summed E-state index contributed by atoms with van der Waals surface area (Å²) >= 11 is 0. The Hall–Kier alpha value is -6.64. The van der Waals surface area contributed by atoms with Crippen LogP contribution in [0.25, 0.3) is 76.5 Å². The number of fused-ring (bicyclic) bond motifs is 9. The number of benzene rings is 9. The zero-order chi connectivity index (χ0) is 33.0. The summed E-state index contributed by atoms with van der Waals surface area (Å²) in [7, 11) is 0. The van der Waals surface area contributed by atoms with Crippen molar-refractivity contribution in [1.29, 1.82) is 0 Å². The van der Waals surface area contributed by atoms with Crippen molar-refractivity contribution in [3.05, 3.63) is 188 Å². The summed E-state index contributed by atoms with van der Waals surface area (Å²) in [6.07, 6.45) is 0. The molecule has 1 aromatic heterocycles. The van der Waals surface area contributed by atoms with Crippen LogP contribution in [0.4, 0.5) is 17.1 Å². The molecule has 1 heterocycles. The fourth-order valence-electron chi connectivity index (χ4n) is 7.72. The summed E-state index contributed by atoms with van der Waals surface area (Å²) in [5.74, 6) is 0. The molecule has 10 rings (SSSR count). The fourth-order valence-corrected chi connectivity index (χ4v) is 7.72. The third-order valence-corrected chi connectivity index (χ3v) is 10.1. The van der Waals surface area contributed by atoms with Crippen LogP contribution in [0.5, 0.6) is 0 Å². The van der Waals surface area contributed by atoms with Crippen molar-refractivity contribution in [2.24, 2.45) is 0 Å². The molecular weight excluding hydrogens is 607 g/mol. The van der Waals surface area contributed by atoms with E-state index in [-0.39, 0.29) is 0 Å². The first-order valence-corrected chi connectivity index (χ1v) is 17.1. The summed E-state index contributed by atoms with van der Waals surface area (Å²) < 4.78 is 6.22. The lowest BCUT2D eigenvalue weighted by atomic mass is 9.94. The largest absolute Gasteiger partial charge is 0.456 e. The molecule has 50 heavy (non-hydrogen) atoms. The Balaban J connectivity index is 1.15. The molecule has 0 aliphatic carbocycles. The Morgan fingerprint density at radius 2 is 0.780 bits per heavy atom. The van der Waals surface area contributed by atoms with E-state index in [1.807, 2.05) is 12.1 Å². The maximum atomic E-state index is 6.22. The first kappa shape index (κ1) is 28.4. The SMILES string of the molecule is c1ccc(-c2ccc(N(c3ccc(-c4cccc5oc6ccccc6c45)cc3)c3ccc4c5ccccc5c5ccccc5c4c3)cc2)cc1. The minimum Gasteiger partial charge on any atom is -0.456 e. The van der Waals surface area contributed by atoms with Crippen molar-refractivity contribution in [1.82, 2.24) is 0 Å². The number of furan rings is 1. The van der Waals surface area contributed by atoms with Gasteiger partial charge in [0.2, 0.25) is 0 Å². The average Bonchev–Trinajstić information content (AvgIpc) is 3.58. The number of hydrogen-bond acceptors (Lipinski definition) is 2. The Morgan fingerprint density at radius 3 is 1.44 bits per heavy atom. The molecule has 0 fully saturated rings. The van der Waals surface area contributed by atoms with Crippen molar-refractivity contribution in [2.45, 2.75) is 0 Å². The number of anilines is 3. The Labute approximate surface area is 290 Å². The predicted molar refractivity (Wildman–Crippen MR) is 212 cm³/mol. The van der Waals surface area contributed by atoms with Gasteiger partial charge in [-0.05, 0) is 103 Å². The van der Waals surface area contributed by atoms with E-state index in [1.165, 1.54) is 49.0 Å². The van der Waals surface area contributed by atoms with E-state index >= 15 is 0 Å². The highest BCUT2D eigenvalue weighted by Crippen LogP contribution is 2.42. The van der Waals surface area contributed by atoms with Crippen LogP contribution in [0, 0.1) is 0 Å². The minimum atomic E-state index is 0.906. The Bertz CT molecular complexity index is 2810. The lowest BCUT2D eigenvalue weighted by Crippen LogP contribution is -2.10. The van der Waals surface area contributed by atoms with Crippen LogP contribution in [0.15, 0.2) is 192 Å². The Kier molecular flexibility index (Phi) is 6.53. The molecule has 0 aliphatic rings. The first-order valence-electron chi connectivity index (χ1n) is 17.1. The van der Waals surface area contributed by atoms with E-state index in [9.17, 15) is 0 Å². The van der Waals surface area contributed by atoms with Crippen LogP contribution < -0.4 is 4.90 Å². The normalized spacial score (nSPS) is 11.6. The van der Waals surface area contributed by atoms with E-state index in [0.29, 0.717) is 0 Å². The lowest BCUT2D eigenvalue weighted by molar-refractivity contribution is 0.669. The average molecular weight is 638 g/mol. The molecule has 0 amide bonds. The maximum absolute atomic E-state index is 6.22. The fraction of sp³-hybridized carbons (Fsp3) is 0. The highest BCUT2D eigenvalue weighted by atomic mass is 16.3. The second-order valence-corrected chi connectivity index (χ2v) is 12.9. The summed E-state index contributed by atoms with van der Waals surface area (Å²) in [6.45, 7) is 0. The zero-order valence-corrected chi connectivity index (χ0v) is 27.3. The third-order valence-electron chi connectivity index (χ3n) is 10.1. The number of nitrogens with zero attached hydrogens (tertiary/aromatic N) is 1. The van der Waals surface area contributed by atoms with E-state index < -0.39 is 0 Å². The van der Waals surface area contributed by atoms with Gasteiger partial charge in [-0.1, -0.05) is 140 Å². The molecule has 0 radical (unpaired) electrons. The van der Waals surface area contributed by atoms with Crippen molar-refractivity contribution < 1.29 is 4.42 Å². The molecular formula is C48H31NO. The van der Waals surface area contributed by atoms with Gasteiger partial charge in [0.05, 0.1) is 0 Å². The molecule has 0 saturated heterocycles. The van der Waals surface area contributed by atoms with Crippen LogP contribution >= 0.6 is 0 Å². The number of rotatable bonds is 5. The van der Waals surface area contributed by atoms with Gasteiger partial charge in [-0.15, -0.1) is 0 Å². The van der Waals surface area contributed by atoms with Crippen LogP contribution in [0.1, 0.15) is 0 Å². The molecule has 0 aliphatic heterocycles. The molecule has 2 nitrogen and oxygen atoms in total. The molecule has 0 N–H and O–H groups in total. The zero-order valence-electron chi connectivity index (χ0n) is 27.3. The van der Waals surface area contributed by atoms with Crippen molar-refractivity contribution >= 4 is 71.3 Å². The molecule has 9 aromatic carbocycles. The van der Waals surface area contributed by atoms with Crippen LogP contribution in [0.3, 0.4) is 0 Å².